The number of rotatable bonds is 4. The van der Waals surface area contributed by atoms with Gasteiger partial charge in [-0.05, 0) is 5.56 Å². The highest BCUT2D eigenvalue weighted by Crippen LogP contribution is 2.12. The molecule has 1 heterocycles. The van der Waals surface area contributed by atoms with E-state index in [1.165, 1.54) is 4.31 Å². The first-order valence-electron chi connectivity index (χ1n) is 6.14. The number of thioether (sulfide) groups is 1. The Kier molecular flexibility index (Phi) is 5.27. The van der Waals surface area contributed by atoms with Gasteiger partial charge in [0.25, 0.3) is 0 Å². The summed E-state index contributed by atoms with van der Waals surface area (Å²) >= 11 is 1.69. The summed E-state index contributed by atoms with van der Waals surface area (Å²) in [6, 6.07) is 9.08. The van der Waals surface area contributed by atoms with E-state index in [1.807, 2.05) is 22.9 Å². The van der Waals surface area contributed by atoms with E-state index in [9.17, 15) is 13.2 Å². The van der Waals surface area contributed by atoms with Crippen LogP contribution in [0.3, 0.4) is 0 Å². The van der Waals surface area contributed by atoms with Gasteiger partial charge in [0, 0.05) is 24.6 Å². The zero-order valence-electron chi connectivity index (χ0n) is 10.8. The zero-order valence-corrected chi connectivity index (χ0v) is 12.5. The molecule has 110 valence electrons. The largest absolute Gasteiger partial charge is 0.444 e. The molecule has 1 saturated heterocycles. The maximum Gasteiger partial charge on any atom is 0.422 e. The Balaban J connectivity index is 1.84. The molecule has 1 amide bonds. The first-order chi connectivity index (χ1) is 9.58. The number of hydrogen-bond donors (Lipinski definition) is 1. The van der Waals surface area contributed by atoms with Gasteiger partial charge < -0.3 is 4.74 Å². The topological polar surface area (TPSA) is 75.7 Å². The predicted octanol–water partition coefficient (Wildman–Crippen LogP) is 1.21. The second-order valence-corrected chi connectivity index (χ2v) is 7.08. The molecule has 0 saturated carbocycles. The van der Waals surface area contributed by atoms with Gasteiger partial charge in [0.05, 0.1) is 0 Å². The molecule has 1 aromatic rings. The molecule has 0 radical (unpaired) electrons. The van der Waals surface area contributed by atoms with Gasteiger partial charge in [0.15, 0.2) is 0 Å². The smallest absolute Gasteiger partial charge is 0.422 e. The van der Waals surface area contributed by atoms with Gasteiger partial charge in [-0.2, -0.15) is 24.5 Å². The average Bonchev–Trinajstić information content (AvgIpc) is 2.47. The van der Waals surface area contributed by atoms with Crippen LogP contribution in [-0.2, 0) is 21.6 Å². The Bertz CT molecular complexity index is 542. The van der Waals surface area contributed by atoms with Crippen LogP contribution in [0, 0.1) is 0 Å². The minimum Gasteiger partial charge on any atom is -0.444 e. The van der Waals surface area contributed by atoms with Crippen molar-refractivity contribution in [3.63, 3.8) is 0 Å². The Labute approximate surface area is 122 Å². The van der Waals surface area contributed by atoms with E-state index in [0.29, 0.717) is 13.1 Å². The summed E-state index contributed by atoms with van der Waals surface area (Å²) in [6.45, 7) is 0.857. The van der Waals surface area contributed by atoms with E-state index in [1.54, 1.807) is 23.9 Å². The molecule has 8 heteroatoms. The molecule has 20 heavy (non-hydrogen) atoms. The fourth-order valence-corrected chi connectivity index (χ4v) is 3.91. The summed E-state index contributed by atoms with van der Waals surface area (Å²) < 4.78 is 31.9. The predicted molar refractivity (Wildman–Crippen MR) is 77.6 cm³/mol. The summed E-state index contributed by atoms with van der Waals surface area (Å²) in [5.41, 5.74) is 0.800. The van der Waals surface area contributed by atoms with E-state index >= 15 is 0 Å². The van der Waals surface area contributed by atoms with Crippen molar-refractivity contribution in [2.75, 3.05) is 24.6 Å². The Morgan fingerprint density at radius 1 is 1.25 bits per heavy atom. The van der Waals surface area contributed by atoms with E-state index in [0.717, 1.165) is 17.1 Å². The Morgan fingerprint density at radius 3 is 2.55 bits per heavy atom. The fraction of sp³-hybridized carbons (Fsp3) is 0.417. The summed E-state index contributed by atoms with van der Waals surface area (Å²) in [5, 5.41) is 0. The molecule has 1 fully saturated rings. The third-order valence-electron chi connectivity index (χ3n) is 2.74. The number of nitrogens with one attached hydrogen (secondary N) is 1. The first kappa shape index (κ1) is 15.1. The van der Waals surface area contributed by atoms with Crippen LogP contribution in [0.1, 0.15) is 5.56 Å². The molecule has 1 aliphatic heterocycles. The molecule has 0 aliphatic carbocycles. The quantitative estimate of drug-likeness (QED) is 0.903. The van der Waals surface area contributed by atoms with Gasteiger partial charge in [-0.3, -0.25) is 0 Å². The molecule has 1 aromatic carbocycles. The number of carbonyl (C=O) groups is 1. The van der Waals surface area contributed by atoms with Gasteiger partial charge in [-0.15, -0.1) is 0 Å². The highest BCUT2D eigenvalue weighted by Gasteiger charge is 2.26. The molecule has 1 N–H and O–H groups in total. The van der Waals surface area contributed by atoms with E-state index in [2.05, 4.69) is 0 Å². The van der Waals surface area contributed by atoms with Crippen molar-refractivity contribution in [2.45, 2.75) is 6.61 Å². The van der Waals surface area contributed by atoms with Crippen molar-refractivity contribution < 1.29 is 17.9 Å². The van der Waals surface area contributed by atoms with Gasteiger partial charge in [-0.1, -0.05) is 30.3 Å². The van der Waals surface area contributed by atoms with Gasteiger partial charge in [0.2, 0.25) is 0 Å². The van der Waals surface area contributed by atoms with Gasteiger partial charge in [0.1, 0.15) is 6.61 Å². The van der Waals surface area contributed by atoms with Crippen LogP contribution in [0.15, 0.2) is 30.3 Å². The normalized spacial score (nSPS) is 16.6. The van der Waals surface area contributed by atoms with Crippen molar-refractivity contribution in [2.24, 2.45) is 0 Å². The maximum atomic E-state index is 11.9. The lowest BCUT2D eigenvalue weighted by atomic mass is 10.2. The minimum absolute atomic E-state index is 0.0397. The zero-order chi connectivity index (χ0) is 14.4. The lowest BCUT2D eigenvalue weighted by molar-refractivity contribution is 0.145. The van der Waals surface area contributed by atoms with Gasteiger partial charge in [-0.25, -0.2) is 9.52 Å². The molecule has 0 bridgehead atoms. The number of nitrogens with zero attached hydrogens (tertiary/aromatic N) is 1. The third-order valence-corrected chi connectivity index (χ3v) is 5.15. The molecule has 0 spiro atoms. The first-order valence-corrected chi connectivity index (χ1v) is 8.74. The van der Waals surface area contributed by atoms with Crippen LogP contribution in [-0.4, -0.2) is 43.4 Å². The molecule has 0 atom stereocenters. The van der Waals surface area contributed by atoms with Crippen LogP contribution < -0.4 is 4.72 Å². The monoisotopic (exact) mass is 316 g/mol. The second kappa shape index (κ2) is 6.96. The fourth-order valence-electron chi connectivity index (χ4n) is 1.71. The number of carbonyl (C=O) groups excluding carboxylic acids is 1. The van der Waals surface area contributed by atoms with Crippen LogP contribution in [0.25, 0.3) is 0 Å². The SMILES string of the molecule is O=C(NS(=O)(=O)N1CCSCC1)OCc1ccccc1. The molecular formula is C12H16N2O4S2. The van der Waals surface area contributed by atoms with Crippen LogP contribution >= 0.6 is 11.8 Å². The molecular weight excluding hydrogens is 300 g/mol. The lowest BCUT2D eigenvalue weighted by Crippen LogP contribution is -2.47. The van der Waals surface area contributed by atoms with Crippen LogP contribution in [0.4, 0.5) is 4.79 Å². The summed E-state index contributed by atoms with van der Waals surface area (Å²) in [7, 11) is -3.79. The van der Waals surface area contributed by atoms with E-state index < -0.39 is 16.3 Å². The second-order valence-electron chi connectivity index (χ2n) is 4.18. The summed E-state index contributed by atoms with van der Waals surface area (Å²) in [4.78, 5) is 11.5. The highest BCUT2D eigenvalue weighted by atomic mass is 32.2. The van der Waals surface area contributed by atoms with E-state index in [-0.39, 0.29) is 6.61 Å². The number of amides is 1. The standard InChI is InChI=1S/C12H16N2O4S2/c15-12(18-10-11-4-2-1-3-5-11)13-20(16,17)14-6-8-19-9-7-14/h1-5H,6-10H2,(H,13,15). The molecule has 0 aromatic heterocycles. The van der Waals surface area contributed by atoms with Crippen molar-refractivity contribution in [1.29, 1.82) is 0 Å². The van der Waals surface area contributed by atoms with E-state index in [4.69, 9.17) is 4.74 Å². The lowest BCUT2D eigenvalue weighted by Gasteiger charge is -2.25. The Morgan fingerprint density at radius 2 is 1.90 bits per heavy atom. The molecule has 6 nitrogen and oxygen atoms in total. The number of hydrogen-bond acceptors (Lipinski definition) is 5. The number of ether oxygens (including phenoxy) is 1. The summed E-state index contributed by atoms with van der Waals surface area (Å²) in [5.74, 6) is 1.47. The Hall–Kier alpha value is -1.25. The van der Waals surface area contributed by atoms with Crippen molar-refractivity contribution >= 4 is 28.1 Å². The van der Waals surface area contributed by atoms with Crippen molar-refractivity contribution in [1.82, 2.24) is 9.03 Å². The van der Waals surface area contributed by atoms with Gasteiger partial charge >= 0.3 is 16.3 Å². The third kappa shape index (κ3) is 4.39. The average molecular weight is 316 g/mol. The molecule has 0 unspecified atom stereocenters. The minimum atomic E-state index is -3.79. The van der Waals surface area contributed by atoms with Crippen LogP contribution in [0.2, 0.25) is 0 Å². The molecule has 2 rings (SSSR count). The highest BCUT2D eigenvalue weighted by molar-refractivity contribution is 7.99. The summed E-state index contributed by atoms with van der Waals surface area (Å²) in [6.07, 6.45) is -0.952. The molecule has 1 aliphatic rings. The van der Waals surface area contributed by atoms with Crippen molar-refractivity contribution in [3.8, 4) is 0 Å². The van der Waals surface area contributed by atoms with Crippen LogP contribution in [0.5, 0.6) is 0 Å². The van der Waals surface area contributed by atoms with Crippen molar-refractivity contribution in [3.05, 3.63) is 35.9 Å². The maximum absolute atomic E-state index is 11.9. The number of benzene rings is 1.